The summed E-state index contributed by atoms with van der Waals surface area (Å²) in [5, 5.41) is 9.06. The zero-order valence-corrected chi connectivity index (χ0v) is 10.8. The first-order valence-corrected chi connectivity index (χ1v) is 5.98. The zero-order valence-electron chi connectivity index (χ0n) is 10.8. The van der Waals surface area contributed by atoms with Crippen LogP contribution in [-0.2, 0) is 16.0 Å². The second-order valence-electron chi connectivity index (χ2n) is 4.35. The Bertz CT molecular complexity index is 531. The average molecular weight is 260 g/mol. The van der Waals surface area contributed by atoms with Crippen molar-refractivity contribution in [3.05, 3.63) is 47.6 Å². The van der Waals surface area contributed by atoms with E-state index in [-0.39, 0.29) is 18.7 Å². The number of hydrogen-bond donors (Lipinski definition) is 1. The summed E-state index contributed by atoms with van der Waals surface area (Å²) in [6, 6.07) is 5.68. The van der Waals surface area contributed by atoms with Crippen LogP contribution in [0, 0.1) is 0 Å². The van der Waals surface area contributed by atoms with Crippen LogP contribution in [0.2, 0.25) is 0 Å². The molecule has 1 aromatic carbocycles. The number of ether oxygens (including phenoxy) is 2. The quantitative estimate of drug-likeness (QED) is 0.509. The summed E-state index contributed by atoms with van der Waals surface area (Å²) in [7, 11) is 1.34. The van der Waals surface area contributed by atoms with Gasteiger partial charge in [-0.1, -0.05) is 12.6 Å². The Kier molecular flexibility index (Phi) is 4.02. The predicted octanol–water partition coefficient (Wildman–Crippen LogP) is 1.72. The molecule has 4 heteroatoms. The predicted molar refractivity (Wildman–Crippen MR) is 71.8 cm³/mol. The van der Waals surface area contributed by atoms with Gasteiger partial charge in [0.05, 0.1) is 13.7 Å². The summed E-state index contributed by atoms with van der Waals surface area (Å²) in [4.78, 5) is 11.0. The van der Waals surface area contributed by atoms with Gasteiger partial charge < -0.3 is 14.6 Å². The number of aliphatic hydroxyl groups is 1. The van der Waals surface area contributed by atoms with Crippen molar-refractivity contribution in [3.63, 3.8) is 0 Å². The first-order valence-electron chi connectivity index (χ1n) is 5.98. The van der Waals surface area contributed by atoms with Gasteiger partial charge in [0.25, 0.3) is 0 Å². The fourth-order valence-electron chi connectivity index (χ4n) is 1.93. The van der Waals surface area contributed by atoms with E-state index in [1.54, 1.807) is 6.08 Å². The molecular weight excluding hydrogens is 244 g/mol. The fourth-order valence-corrected chi connectivity index (χ4v) is 1.93. The summed E-state index contributed by atoms with van der Waals surface area (Å²) in [6.07, 6.45) is 3.59. The van der Waals surface area contributed by atoms with E-state index in [0.717, 1.165) is 16.9 Å². The second-order valence-corrected chi connectivity index (χ2v) is 4.35. The summed E-state index contributed by atoms with van der Waals surface area (Å²) in [5.74, 6) is 0.415. The van der Waals surface area contributed by atoms with E-state index in [1.807, 2.05) is 18.2 Å². The average Bonchev–Trinajstić information content (AvgIpc) is 2.86. The molecule has 1 unspecified atom stereocenters. The molecule has 0 spiro atoms. The molecule has 19 heavy (non-hydrogen) atoms. The maximum Gasteiger partial charge on any atom is 0.330 e. The maximum atomic E-state index is 11.0. The number of carbonyl (C=O) groups is 1. The Morgan fingerprint density at radius 1 is 1.63 bits per heavy atom. The highest BCUT2D eigenvalue weighted by Crippen LogP contribution is 2.32. The van der Waals surface area contributed by atoms with Gasteiger partial charge in [-0.25, -0.2) is 4.79 Å². The highest BCUT2D eigenvalue weighted by atomic mass is 16.5. The highest BCUT2D eigenvalue weighted by Gasteiger charge is 2.24. The van der Waals surface area contributed by atoms with Gasteiger partial charge in [0.2, 0.25) is 0 Å². The van der Waals surface area contributed by atoms with Crippen molar-refractivity contribution in [2.45, 2.75) is 12.5 Å². The Morgan fingerprint density at radius 3 is 3.11 bits per heavy atom. The number of benzene rings is 1. The van der Waals surface area contributed by atoms with E-state index < -0.39 is 0 Å². The molecule has 0 bridgehead atoms. The van der Waals surface area contributed by atoms with Crippen LogP contribution in [0.5, 0.6) is 5.75 Å². The van der Waals surface area contributed by atoms with Crippen LogP contribution >= 0.6 is 0 Å². The lowest BCUT2D eigenvalue weighted by Gasteiger charge is -2.10. The number of esters is 1. The number of aliphatic hydroxyl groups excluding tert-OH is 1. The van der Waals surface area contributed by atoms with Crippen molar-refractivity contribution in [2.24, 2.45) is 0 Å². The van der Waals surface area contributed by atoms with E-state index in [2.05, 4.69) is 11.3 Å². The molecule has 0 radical (unpaired) electrons. The van der Waals surface area contributed by atoms with Crippen LogP contribution in [0.3, 0.4) is 0 Å². The van der Waals surface area contributed by atoms with Crippen LogP contribution in [-0.4, -0.2) is 30.9 Å². The smallest absolute Gasteiger partial charge is 0.330 e. The molecule has 0 amide bonds. The summed E-state index contributed by atoms with van der Waals surface area (Å²) in [5.41, 5.74) is 2.62. The van der Waals surface area contributed by atoms with Gasteiger partial charge in [-0.05, 0) is 34.9 Å². The molecule has 1 atom stereocenters. The van der Waals surface area contributed by atoms with E-state index in [4.69, 9.17) is 9.84 Å². The molecule has 0 aromatic heterocycles. The molecule has 0 saturated carbocycles. The summed E-state index contributed by atoms with van der Waals surface area (Å²) < 4.78 is 10.2. The molecule has 100 valence electrons. The second kappa shape index (κ2) is 5.71. The third-order valence-electron chi connectivity index (χ3n) is 3.03. The van der Waals surface area contributed by atoms with E-state index in [0.29, 0.717) is 12.0 Å². The van der Waals surface area contributed by atoms with Gasteiger partial charge in [0, 0.05) is 12.5 Å². The van der Waals surface area contributed by atoms with Crippen molar-refractivity contribution in [1.29, 1.82) is 0 Å². The van der Waals surface area contributed by atoms with Crippen molar-refractivity contribution in [3.8, 4) is 5.75 Å². The molecule has 1 heterocycles. The van der Waals surface area contributed by atoms with Crippen LogP contribution in [0.1, 0.15) is 11.1 Å². The van der Waals surface area contributed by atoms with Crippen molar-refractivity contribution in [1.82, 2.24) is 0 Å². The maximum absolute atomic E-state index is 11.0. The molecule has 1 aromatic rings. The van der Waals surface area contributed by atoms with E-state index >= 15 is 0 Å². The van der Waals surface area contributed by atoms with Gasteiger partial charge >= 0.3 is 5.97 Å². The van der Waals surface area contributed by atoms with Crippen LogP contribution in [0.4, 0.5) is 0 Å². The van der Waals surface area contributed by atoms with E-state index in [1.165, 1.54) is 13.2 Å². The highest BCUT2D eigenvalue weighted by molar-refractivity contribution is 5.87. The van der Waals surface area contributed by atoms with Crippen LogP contribution in [0.15, 0.2) is 36.4 Å². The molecule has 0 fully saturated rings. The number of fused-ring (bicyclic) bond motifs is 1. The molecule has 1 N–H and O–H groups in total. The fraction of sp³-hybridized carbons (Fsp3) is 0.267. The molecule has 0 aliphatic carbocycles. The number of carbonyl (C=O) groups excluding carboxylic acids is 1. The molecule has 2 rings (SSSR count). The van der Waals surface area contributed by atoms with Gasteiger partial charge in [0.15, 0.2) is 0 Å². The Labute approximate surface area is 112 Å². The third kappa shape index (κ3) is 3.03. The van der Waals surface area contributed by atoms with Crippen LogP contribution in [0.25, 0.3) is 6.08 Å². The molecule has 0 saturated heterocycles. The lowest BCUT2D eigenvalue weighted by atomic mass is 10.0. The minimum absolute atomic E-state index is 0.0756. The van der Waals surface area contributed by atoms with Crippen molar-refractivity contribution < 1.29 is 19.4 Å². The van der Waals surface area contributed by atoms with Gasteiger partial charge in [0.1, 0.15) is 11.9 Å². The lowest BCUT2D eigenvalue weighted by Crippen LogP contribution is -2.17. The molecular formula is C15H16O4. The number of methoxy groups -OCH3 is 1. The summed E-state index contributed by atoms with van der Waals surface area (Å²) in [6.45, 7) is 3.71. The Balaban J connectivity index is 2.13. The minimum atomic E-state index is -0.386. The van der Waals surface area contributed by atoms with Crippen molar-refractivity contribution in [2.75, 3.05) is 13.7 Å². The van der Waals surface area contributed by atoms with Gasteiger partial charge in [-0.15, -0.1) is 0 Å². The van der Waals surface area contributed by atoms with E-state index in [9.17, 15) is 4.79 Å². The molecule has 1 aliphatic heterocycles. The standard InChI is InChI=1S/C15H16O4/c1-10(9-16)14-8-12-7-11(3-5-13(12)19-14)4-6-15(17)18-2/h3-7,14,16H,1,8-9H2,2H3. The Hall–Kier alpha value is -2.07. The van der Waals surface area contributed by atoms with Gasteiger partial charge in [-0.2, -0.15) is 0 Å². The zero-order chi connectivity index (χ0) is 13.8. The third-order valence-corrected chi connectivity index (χ3v) is 3.03. The first-order chi connectivity index (χ1) is 9.13. The first kappa shape index (κ1) is 13.4. The number of hydrogen-bond acceptors (Lipinski definition) is 4. The SMILES string of the molecule is C=C(CO)C1Cc2cc(C=CC(=O)OC)ccc2O1. The lowest BCUT2D eigenvalue weighted by molar-refractivity contribution is -0.134. The monoisotopic (exact) mass is 260 g/mol. The van der Waals surface area contributed by atoms with Gasteiger partial charge in [-0.3, -0.25) is 0 Å². The molecule has 4 nitrogen and oxygen atoms in total. The topological polar surface area (TPSA) is 55.8 Å². The minimum Gasteiger partial charge on any atom is -0.485 e. The summed E-state index contributed by atoms with van der Waals surface area (Å²) >= 11 is 0. The Morgan fingerprint density at radius 2 is 2.42 bits per heavy atom. The number of rotatable bonds is 4. The van der Waals surface area contributed by atoms with Crippen molar-refractivity contribution >= 4 is 12.0 Å². The van der Waals surface area contributed by atoms with Crippen LogP contribution < -0.4 is 4.74 Å². The molecule has 1 aliphatic rings. The normalized spacial score (nSPS) is 17.1. The largest absolute Gasteiger partial charge is 0.485 e.